The number of nitrogens with zero attached hydrogens (tertiary/aromatic N) is 2. The normalized spacial score (nSPS) is 24.2. The van der Waals surface area contributed by atoms with Crippen LogP contribution in [0.5, 0.6) is 0 Å². The SMILES string of the molecule is O=C(O)/C=C/C(=O)N1CCN2C(=O)CCC2C1. The van der Waals surface area contributed by atoms with Gasteiger partial charge in [-0.15, -0.1) is 0 Å². The number of hydrogen-bond acceptors (Lipinski definition) is 3. The molecular weight excluding hydrogens is 224 g/mol. The third-order valence-electron chi connectivity index (χ3n) is 3.17. The highest BCUT2D eigenvalue weighted by molar-refractivity contribution is 5.94. The minimum atomic E-state index is -1.13. The number of aliphatic carboxylic acids is 1. The van der Waals surface area contributed by atoms with Crippen LogP contribution in [0.2, 0.25) is 0 Å². The lowest BCUT2D eigenvalue weighted by molar-refractivity contribution is -0.136. The molecule has 2 aliphatic rings. The van der Waals surface area contributed by atoms with Gasteiger partial charge >= 0.3 is 5.97 Å². The highest BCUT2D eigenvalue weighted by atomic mass is 16.4. The third-order valence-corrected chi connectivity index (χ3v) is 3.17. The zero-order valence-corrected chi connectivity index (χ0v) is 9.33. The summed E-state index contributed by atoms with van der Waals surface area (Å²) < 4.78 is 0. The molecule has 0 aromatic carbocycles. The molecule has 2 aliphatic heterocycles. The molecule has 0 bridgehead atoms. The van der Waals surface area contributed by atoms with E-state index in [-0.39, 0.29) is 17.9 Å². The molecule has 1 unspecified atom stereocenters. The van der Waals surface area contributed by atoms with Gasteiger partial charge in [0.15, 0.2) is 0 Å². The molecule has 92 valence electrons. The molecule has 17 heavy (non-hydrogen) atoms. The minimum Gasteiger partial charge on any atom is -0.478 e. The Bertz CT molecular complexity index is 391. The fourth-order valence-corrected chi connectivity index (χ4v) is 2.31. The summed E-state index contributed by atoms with van der Waals surface area (Å²) in [5, 5.41) is 8.44. The molecule has 0 saturated carbocycles. The van der Waals surface area contributed by atoms with E-state index in [4.69, 9.17) is 5.11 Å². The zero-order chi connectivity index (χ0) is 12.4. The highest BCUT2D eigenvalue weighted by Crippen LogP contribution is 2.22. The first kappa shape index (κ1) is 11.6. The number of carboxylic acid groups (broad SMARTS) is 1. The summed E-state index contributed by atoms with van der Waals surface area (Å²) in [7, 11) is 0. The predicted octanol–water partition coefficient (Wildman–Crippen LogP) is -0.540. The van der Waals surface area contributed by atoms with E-state index in [1.807, 2.05) is 4.90 Å². The molecule has 2 fully saturated rings. The molecule has 2 rings (SSSR count). The van der Waals surface area contributed by atoms with Crippen LogP contribution < -0.4 is 0 Å². The van der Waals surface area contributed by atoms with E-state index < -0.39 is 5.97 Å². The number of hydrogen-bond donors (Lipinski definition) is 1. The van der Waals surface area contributed by atoms with Crippen molar-refractivity contribution in [1.29, 1.82) is 0 Å². The van der Waals surface area contributed by atoms with Gasteiger partial charge in [-0.25, -0.2) is 4.79 Å². The lowest BCUT2D eigenvalue weighted by Gasteiger charge is -2.37. The van der Waals surface area contributed by atoms with E-state index >= 15 is 0 Å². The maximum Gasteiger partial charge on any atom is 0.328 e. The quantitative estimate of drug-likeness (QED) is 0.655. The van der Waals surface area contributed by atoms with E-state index in [9.17, 15) is 14.4 Å². The van der Waals surface area contributed by atoms with Crippen molar-refractivity contribution in [2.45, 2.75) is 18.9 Å². The van der Waals surface area contributed by atoms with Crippen molar-refractivity contribution in [3.8, 4) is 0 Å². The molecule has 2 amide bonds. The third kappa shape index (κ3) is 2.46. The van der Waals surface area contributed by atoms with Crippen molar-refractivity contribution in [3.63, 3.8) is 0 Å². The molecule has 1 atom stereocenters. The maximum absolute atomic E-state index is 11.6. The lowest BCUT2D eigenvalue weighted by Crippen LogP contribution is -2.52. The van der Waals surface area contributed by atoms with E-state index in [0.717, 1.165) is 18.6 Å². The van der Waals surface area contributed by atoms with Gasteiger partial charge in [-0.1, -0.05) is 0 Å². The van der Waals surface area contributed by atoms with Gasteiger partial charge in [0.2, 0.25) is 11.8 Å². The first-order valence-corrected chi connectivity index (χ1v) is 5.57. The van der Waals surface area contributed by atoms with Gasteiger partial charge < -0.3 is 14.9 Å². The van der Waals surface area contributed by atoms with Gasteiger partial charge in [-0.2, -0.15) is 0 Å². The molecule has 0 radical (unpaired) electrons. The molecule has 0 aromatic rings. The predicted molar refractivity (Wildman–Crippen MR) is 58.1 cm³/mol. The molecule has 2 saturated heterocycles. The Morgan fingerprint density at radius 2 is 2.06 bits per heavy atom. The summed E-state index contributed by atoms with van der Waals surface area (Å²) in [4.78, 5) is 36.8. The van der Waals surface area contributed by atoms with E-state index in [1.165, 1.54) is 0 Å². The Kier molecular flexibility index (Phi) is 3.12. The number of amides is 2. The van der Waals surface area contributed by atoms with Gasteiger partial charge in [0.05, 0.1) is 0 Å². The van der Waals surface area contributed by atoms with E-state index in [2.05, 4.69) is 0 Å². The summed E-state index contributed by atoms with van der Waals surface area (Å²) in [6.07, 6.45) is 3.24. The fraction of sp³-hybridized carbons (Fsp3) is 0.545. The number of piperazine rings is 1. The van der Waals surface area contributed by atoms with Gasteiger partial charge in [-0.3, -0.25) is 9.59 Å². The summed E-state index contributed by atoms with van der Waals surface area (Å²) in [5.41, 5.74) is 0. The van der Waals surface area contributed by atoms with Crippen LogP contribution in [0.15, 0.2) is 12.2 Å². The van der Waals surface area contributed by atoms with Crippen LogP contribution in [0.4, 0.5) is 0 Å². The highest BCUT2D eigenvalue weighted by Gasteiger charge is 2.36. The standard InChI is InChI=1S/C11H14N2O4/c14-9(3-4-11(16)17)12-5-6-13-8(7-12)1-2-10(13)15/h3-4,8H,1-2,5-7H2,(H,16,17)/b4-3+. The molecule has 0 spiro atoms. The molecule has 6 nitrogen and oxygen atoms in total. The van der Waals surface area contributed by atoms with Gasteiger partial charge in [-0.05, 0) is 6.42 Å². The molecule has 0 aromatic heterocycles. The second-order valence-corrected chi connectivity index (χ2v) is 4.24. The van der Waals surface area contributed by atoms with E-state index in [1.54, 1.807) is 4.90 Å². The number of carbonyl (C=O) groups excluding carboxylic acids is 2. The van der Waals surface area contributed by atoms with Crippen molar-refractivity contribution in [3.05, 3.63) is 12.2 Å². The van der Waals surface area contributed by atoms with E-state index in [0.29, 0.717) is 26.1 Å². The Balaban J connectivity index is 1.95. The number of carbonyl (C=O) groups is 3. The van der Waals surface area contributed by atoms with Crippen molar-refractivity contribution >= 4 is 17.8 Å². The Morgan fingerprint density at radius 3 is 2.76 bits per heavy atom. The smallest absolute Gasteiger partial charge is 0.328 e. The molecular formula is C11H14N2O4. The Hall–Kier alpha value is -1.85. The Labute approximate surface area is 98.5 Å². The maximum atomic E-state index is 11.6. The van der Waals surface area contributed by atoms with Crippen LogP contribution in [-0.2, 0) is 14.4 Å². The van der Waals surface area contributed by atoms with Crippen LogP contribution in [0.1, 0.15) is 12.8 Å². The van der Waals surface area contributed by atoms with Gasteiger partial charge in [0.25, 0.3) is 0 Å². The van der Waals surface area contributed by atoms with Crippen LogP contribution in [0, 0.1) is 0 Å². The second kappa shape index (κ2) is 4.57. The lowest BCUT2D eigenvalue weighted by atomic mass is 10.1. The molecule has 0 aliphatic carbocycles. The van der Waals surface area contributed by atoms with Crippen molar-refractivity contribution in [1.82, 2.24) is 9.80 Å². The minimum absolute atomic E-state index is 0.110. The topological polar surface area (TPSA) is 77.9 Å². The van der Waals surface area contributed by atoms with Crippen LogP contribution in [-0.4, -0.2) is 58.4 Å². The average molecular weight is 238 g/mol. The largest absolute Gasteiger partial charge is 0.478 e. The second-order valence-electron chi connectivity index (χ2n) is 4.24. The van der Waals surface area contributed by atoms with Crippen molar-refractivity contribution < 1.29 is 19.5 Å². The average Bonchev–Trinajstić information content (AvgIpc) is 2.67. The first-order chi connectivity index (χ1) is 8.08. The number of carboxylic acids is 1. The summed E-state index contributed by atoms with van der Waals surface area (Å²) in [5.74, 6) is -1.28. The van der Waals surface area contributed by atoms with Crippen molar-refractivity contribution in [2.24, 2.45) is 0 Å². The zero-order valence-electron chi connectivity index (χ0n) is 9.33. The summed E-state index contributed by atoms with van der Waals surface area (Å²) in [6.45, 7) is 1.54. The van der Waals surface area contributed by atoms with Crippen molar-refractivity contribution in [2.75, 3.05) is 19.6 Å². The van der Waals surface area contributed by atoms with Crippen LogP contribution in [0.3, 0.4) is 0 Å². The van der Waals surface area contributed by atoms with Crippen LogP contribution in [0.25, 0.3) is 0 Å². The molecule has 2 heterocycles. The van der Waals surface area contributed by atoms with Crippen LogP contribution >= 0.6 is 0 Å². The first-order valence-electron chi connectivity index (χ1n) is 5.57. The molecule has 6 heteroatoms. The summed E-state index contributed by atoms with van der Waals surface area (Å²) in [6, 6.07) is 0.110. The number of fused-ring (bicyclic) bond motifs is 1. The molecule has 1 N–H and O–H groups in total. The fourth-order valence-electron chi connectivity index (χ4n) is 2.31. The Morgan fingerprint density at radius 1 is 1.29 bits per heavy atom. The monoisotopic (exact) mass is 238 g/mol. The summed E-state index contributed by atoms with van der Waals surface area (Å²) >= 11 is 0. The van der Waals surface area contributed by atoms with Gasteiger partial charge in [0, 0.05) is 44.2 Å². The number of rotatable bonds is 2. The van der Waals surface area contributed by atoms with Gasteiger partial charge in [0.1, 0.15) is 0 Å².